The molecule has 0 fully saturated rings. The first-order chi connectivity index (χ1) is 10.1. The van der Waals surface area contributed by atoms with E-state index in [0.29, 0.717) is 12.6 Å². The molecule has 0 spiro atoms. The molecule has 1 rings (SSSR count). The van der Waals surface area contributed by atoms with Crippen LogP contribution in [0.1, 0.15) is 34.1 Å². The minimum Gasteiger partial charge on any atom is -0.322 e. The van der Waals surface area contributed by atoms with Crippen molar-refractivity contribution < 1.29 is 4.79 Å². The van der Waals surface area contributed by atoms with Crippen LogP contribution in [-0.2, 0) is 11.3 Å². The van der Waals surface area contributed by atoms with Gasteiger partial charge >= 0.3 is 0 Å². The fourth-order valence-corrected chi connectivity index (χ4v) is 1.95. The Labute approximate surface area is 127 Å². The monoisotopic (exact) mass is 295 g/mol. The average molecular weight is 295 g/mol. The van der Waals surface area contributed by atoms with E-state index in [-0.39, 0.29) is 5.91 Å². The Morgan fingerprint density at radius 3 is 2.71 bits per heavy atom. The highest BCUT2D eigenvalue weighted by Gasteiger charge is 2.07. The molecule has 120 valence electrons. The van der Waals surface area contributed by atoms with Crippen LogP contribution in [0.3, 0.4) is 0 Å². The summed E-state index contributed by atoms with van der Waals surface area (Å²) in [6.07, 6.45) is 4.59. The molecule has 2 N–H and O–H groups in total. The third-order valence-corrected chi connectivity index (χ3v) is 3.68. The smallest absolute Gasteiger partial charge is 0.238 e. The highest BCUT2D eigenvalue weighted by atomic mass is 16.1. The van der Waals surface area contributed by atoms with Crippen molar-refractivity contribution in [3.63, 3.8) is 0 Å². The number of likely N-dealkylation sites (N-methyl/N-ethyl adjacent to an activating group) is 1. The van der Waals surface area contributed by atoms with Gasteiger partial charge in [-0.2, -0.15) is 5.10 Å². The Morgan fingerprint density at radius 1 is 1.38 bits per heavy atom. The summed E-state index contributed by atoms with van der Waals surface area (Å²) < 4.78 is 1.87. The maximum absolute atomic E-state index is 11.8. The number of aromatic nitrogens is 2. The van der Waals surface area contributed by atoms with Crippen molar-refractivity contribution in [2.24, 2.45) is 0 Å². The normalized spacial score (nSPS) is 12.6. The van der Waals surface area contributed by atoms with Crippen molar-refractivity contribution >= 4 is 11.6 Å². The lowest BCUT2D eigenvalue weighted by Crippen LogP contribution is -2.33. The summed E-state index contributed by atoms with van der Waals surface area (Å²) in [5, 5.41) is 10.3. The molecule has 1 aromatic rings. The predicted octanol–water partition coefficient (Wildman–Crippen LogP) is 1.55. The van der Waals surface area contributed by atoms with E-state index in [4.69, 9.17) is 0 Å². The molecule has 1 atom stereocenters. The summed E-state index contributed by atoms with van der Waals surface area (Å²) in [6, 6.07) is 0.354. The van der Waals surface area contributed by atoms with Gasteiger partial charge in [-0.15, -0.1) is 0 Å². The highest BCUT2D eigenvalue weighted by Crippen LogP contribution is 2.04. The number of hydrogen-bond donors (Lipinski definition) is 2. The summed E-state index contributed by atoms with van der Waals surface area (Å²) in [5.41, 5.74) is 0.755. The molecule has 0 radical (unpaired) electrons. The van der Waals surface area contributed by atoms with Crippen LogP contribution in [0.2, 0.25) is 0 Å². The molecule has 0 aliphatic heterocycles. The Balaban J connectivity index is 2.35. The molecule has 21 heavy (non-hydrogen) atoms. The molecule has 1 amide bonds. The van der Waals surface area contributed by atoms with Crippen LogP contribution >= 0.6 is 0 Å². The van der Waals surface area contributed by atoms with E-state index in [2.05, 4.69) is 48.3 Å². The van der Waals surface area contributed by atoms with Crippen LogP contribution in [0.25, 0.3) is 0 Å². The minimum absolute atomic E-state index is 0.0291. The van der Waals surface area contributed by atoms with E-state index in [1.165, 1.54) is 0 Å². The fourth-order valence-electron chi connectivity index (χ4n) is 1.95. The summed E-state index contributed by atoms with van der Waals surface area (Å²) in [7, 11) is 0. The zero-order valence-electron chi connectivity index (χ0n) is 13.7. The lowest BCUT2D eigenvalue weighted by Gasteiger charge is -2.17. The van der Waals surface area contributed by atoms with Gasteiger partial charge in [-0.25, -0.2) is 0 Å². The van der Waals surface area contributed by atoms with Gasteiger partial charge in [0.2, 0.25) is 5.91 Å². The fraction of sp³-hybridized carbons (Fsp3) is 0.733. The van der Waals surface area contributed by atoms with E-state index < -0.39 is 0 Å². The highest BCUT2D eigenvalue weighted by molar-refractivity contribution is 5.91. The van der Waals surface area contributed by atoms with Crippen LogP contribution in [0.4, 0.5) is 5.69 Å². The number of rotatable bonds is 10. The van der Waals surface area contributed by atoms with Crippen molar-refractivity contribution in [2.75, 3.05) is 31.5 Å². The first-order valence-electron chi connectivity index (χ1n) is 7.87. The maximum atomic E-state index is 11.8. The Kier molecular flexibility index (Phi) is 8.00. The molecule has 6 nitrogen and oxygen atoms in total. The summed E-state index contributed by atoms with van der Waals surface area (Å²) >= 11 is 0. The Hall–Kier alpha value is -1.40. The van der Waals surface area contributed by atoms with Gasteiger partial charge in [0, 0.05) is 18.8 Å². The van der Waals surface area contributed by atoms with Gasteiger partial charge in [0.1, 0.15) is 0 Å². The number of carbonyl (C=O) groups excluding carboxylic acids is 1. The Morgan fingerprint density at radius 2 is 2.10 bits per heavy atom. The number of hydrogen-bond acceptors (Lipinski definition) is 4. The van der Waals surface area contributed by atoms with E-state index in [1.807, 2.05) is 10.9 Å². The standard InChI is InChI=1S/C15H29N5O/c1-5-13(4)16-11-15(21)18-14-10-17-20(12-14)9-8-19(6-2)7-3/h10,12-13,16H,5-9,11H2,1-4H3,(H,18,21). The summed E-state index contributed by atoms with van der Waals surface area (Å²) in [5.74, 6) is -0.0291. The van der Waals surface area contributed by atoms with Crippen molar-refractivity contribution in [2.45, 2.75) is 46.7 Å². The SMILES string of the molecule is CCC(C)NCC(=O)Nc1cnn(CCN(CC)CC)c1. The molecular formula is C15H29N5O. The van der Waals surface area contributed by atoms with E-state index in [0.717, 1.165) is 38.3 Å². The molecular weight excluding hydrogens is 266 g/mol. The molecule has 0 saturated carbocycles. The van der Waals surface area contributed by atoms with Gasteiger partial charge in [0.15, 0.2) is 0 Å². The van der Waals surface area contributed by atoms with E-state index in [9.17, 15) is 4.79 Å². The first kappa shape index (κ1) is 17.7. The number of nitrogens with one attached hydrogen (secondary N) is 2. The summed E-state index contributed by atoms with van der Waals surface area (Å²) in [4.78, 5) is 14.1. The molecule has 1 unspecified atom stereocenters. The lowest BCUT2D eigenvalue weighted by molar-refractivity contribution is -0.115. The number of nitrogens with zero attached hydrogens (tertiary/aromatic N) is 3. The van der Waals surface area contributed by atoms with Crippen LogP contribution in [0, 0.1) is 0 Å². The van der Waals surface area contributed by atoms with Crippen molar-refractivity contribution in [1.82, 2.24) is 20.0 Å². The second kappa shape index (κ2) is 9.52. The Bertz CT molecular complexity index is 414. The molecule has 6 heteroatoms. The molecule has 0 aliphatic rings. The molecule has 1 aromatic heterocycles. The molecule has 0 saturated heterocycles. The molecule has 0 aromatic carbocycles. The van der Waals surface area contributed by atoms with Crippen LogP contribution in [0.15, 0.2) is 12.4 Å². The molecule has 0 bridgehead atoms. The predicted molar refractivity (Wildman–Crippen MR) is 86.4 cm³/mol. The van der Waals surface area contributed by atoms with Crippen molar-refractivity contribution in [3.8, 4) is 0 Å². The topological polar surface area (TPSA) is 62.2 Å². The van der Waals surface area contributed by atoms with Crippen molar-refractivity contribution in [3.05, 3.63) is 12.4 Å². The quantitative estimate of drug-likeness (QED) is 0.687. The number of anilines is 1. The van der Waals surface area contributed by atoms with Gasteiger partial charge in [-0.05, 0) is 26.4 Å². The van der Waals surface area contributed by atoms with Gasteiger partial charge in [-0.3, -0.25) is 9.48 Å². The molecule has 1 heterocycles. The second-order valence-corrected chi connectivity index (χ2v) is 5.26. The zero-order valence-corrected chi connectivity index (χ0v) is 13.7. The zero-order chi connectivity index (χ0) is 15.7. The van der Waals surface area contributed by atoms with Crippen molar-refractivity contribution in [1.29, 1.82) is 0 Å². The van der Waals surface area contributed by atoms with Gasteiger partial charge in [0.05, 0.1) is 25.0 Å². The lowest BCUT2D eigenvalue weighted by atomic mass is 10.2. The molecule has 0 aliphatic carbocycles. The van der Waals surface area contributed by atoms with Gasteiger partial charge in [0.25, 0.3) is 0 Å². The second-order valence-electron chi connectivity index (χ2n) is 5.26. The number of carbonyl (C=O) groups is 1. The minimum atomic E-state index is -0.0291. The third-order valence-electron chi connectivity index (χ3n) is 3.68. The number of amides is 1. The maximum Gasteiger partial charge on any atom is 0.238 e. The first-order valence-corrected chi connectivity index (χ1v) is 7.87. The average Bonchev–Trinajstić information content (AvgIpc) is 2.93. The van der Waals surface area contributed by atoms with Crippen LogP contribution in [-0.4, -0.2) is 52.8 Å². The van der Waals surface area contributed by atoms with E-state index >= 15 is 0 Å². The van der Waals surface area contributed by atoms with Crippen LogP contribution in [0.5, 0.6) is 0 Å². The van der Waals surface area contributed by atoms with Crippen LogP contribution < -0.4 is 10.6 Å². The van der Waals surface area contributed by atoms with E-state index in [1.54, 1.807) is 6.20 Å². The largest absolute Gasteiger partial charge is 0.322 e. The third kappa shape index (κ3) is 6.73. The summed E-state index contributed by atoms with van der Waals surface area (Å²) in [6.45, 7) is 12.7. The van der Waals surface area contributed by atoms with Gasteiger partial charge in [-0.1, -0.05) is 20.8 Å². The van der Waals surface area contributed by atoms with Gasteiger partial charge < -0.3 is 15.5 Å².